The number of nitro benzene ring substituents is 1. The molecule has 0 radical (unpaired) electrons. The minimum atomic E-state index is -0.820. The molecule has 0 aliphatic heterocycles. The van der Waals surface area contributed by atoms with Gasteiger partial charge >= 0.3 is 11.7 Å². The number of ketones is 1. The summed E-state index contributed by atoms with van der Waals surface area (Å²) in [7, 11) is 0. The number of carbonyl (C=O) groups is 2. The lowest BCUT2D eigenvalue weighted by molar-refractivity contribution is -0.385. The minimum Gasteiger partial charge on any atom is -0.487 e. The molecule has 8 nitrogen and oxygen atoms in total. The Morgan fingerprint density at radius 2 is 2.00 bits per heavy atom. The van der Waals surface area contributed by atoms with E-state index in [1.165, 1.54) is 12.1 Å². The van der Waals surface area contributed by atoms with Crippen LogP contribution in [-0.4, -0.2) is 34.5 Å². The van der Waals surface area contributed by atoms with Crippen LogP contribution in [0, 0.1) is 24.0 Å². The summed E-state index contributed by atoms with van der Waals surface area (Å²) >= 11 is 0. The maximum atomic E-state index is 12.4. The van der Waals surface area contributed by atoms with Crippen molar-refractivity contribution in [3.05, 3.63) is 69.5 Å². The van der Waals surface area contributed by atoms with Crippen LogP contribution in [0.5, 0.6) is 5.75 Å². The van der Waals surface area contributed by atoms with E-state index in [1.807, 2.05) is 11.5 Å². The fraction of sp³-hybridized carbons (Fsp3) is 0.300. The second-order valence-corrected chi connectivity index (χ2v) is 6.06. The summed E-state index contributed by atoms with van der Waals surface area (Å²) in [4.78, 5) is 35.2. The first-order chi connectivity index (χ1) is 13.3. The first-order valence-corrected chi connectivity index (χ1v) is 8.69. The van der Waals surface area contributed by atoms with Crippen LogP contribution in [0.2, 0.25) is 0 Å². The summed E-state index contributed by atoms with van der Waals surface area (Å²) in [6.45, 7) is 9.43. The van der Waals surface area contributed by atoms with Crippen LogP contribution in [0.3, 0.4) is 0 Å². The lowest BCUT2D eigenvalue weighted by atomic mass is 10.1. The molecule has 0 saturated carbocycles. The van der Waals surface area contributed by atoms with E-state index in [4.69, 9.17) is 9.47 Å². The second kappa shape index (κ2) is 8.98. The van der Waals surface area contributed by atoms with Crippen LogP contribution in [0.15, 0.2) is 36.9 Å². The van der Waals surface area contributed by atoms with E-state index in [-0.39, 0.29) is 29.4 Å². The number of aryl methyl sites for hydroxylation is 1. The number of nitrogens with zero attached hydrogens (tertiary/aromatic N) is 2. The minimum absolute atomic E-state index is 0.0277. The number of nitro groups is 1. The van der Waals surface area contributed by atoms with Crippen molar-refractivity contribution in [1.29, 1.82) is 0 Å². The fourth-order valence-electron chi connectivity index (χ4n) is 2.85. The highest BCUT2D eigenvalue weighted by Gasteiger charge is 2.21. The van der Waals surface area contributed by atoms with Gasteiger partial charge in [0.25, 0.3) is 0 Å². The number of carbonyl (C=O) groups excluding carboxylic acids is 2. The van der Waals surface area contributed by atoms with Crippen LogP contribution in [0.4, 0.5) is 5.69 Å². The lowest BCUT2D eigenvalue weighted by Crippen LogP contribution is -2.15. The summed E-state index contributed by atoms with van der Waals surface area (Å²) in [6.07, 6.45) is 1.73. The molecule has 2 aromatic rings. The number of rotatable bonds is 9. The Hall–Kier alpha value is -3.42. The first kappa shape index (κ1) is 20.9. The number of hydrogen-bond acceptors (Lipinski definition) is 6. The van der Waals surface area contributed by atoms with Crippen molar-refractivity contribution in [1.82, 2.24) is 4.57 Å². The smallest absolute Gasteiger partial charge is 0.338 e. The van der Waals surface area contributed by atoms with Crippen molar-refractivity contribution in [2.75, 3.05) is 13.2 Å². The number of Topliss-reactive ketones (excluding diaryl/α,β-unsaturated/α-hetero) is 1. The maximum absolute atomic E-state index is 12.4. The van der Waals surface area contributed by atoms with E-state index in [1.54, 1.807) is 26.0 Å². The van der Waals surface area contributed by atoms with Gasteiger partial charge < -0.3 is 14.0 Å². The maximum Gasteiger partial charge on any atom is 0.338 e. The third-order valence-corrected chi connectivity index (χ3v) is 4.21. The summed E-state index contributed by atoms with van der Waals surface area (Å²) in [5.74, 6) is -1.11. The van der Waals surface area contributed by atoms with Crippen LogP contribution in [0.1, 0.15) is 39.0 Å². The number of allylic oxidation sites excluding steroid dienone is 1. The van der Waals surface area contributed by atoms with Gasteiger partial charge in [-0.15, -0.1) is 6.58 Å². The molecule has 1 aromatic carbocycles. The van der Waals surface area contributed by atoms with Crippen molar-refractivity contribution >= 4 is 17.4 Å². The molecule has 0 spiro atoms. The molecular weight excluding hydrogens is 364 g/mol. The Kier molecular flexibility index (Phi) is 6.70. The van der Waals surface area contributed by atoms with Gasteiger partial charge in [0, 0.05) is 29.6 Å². The molecule has 0 fully saturated rings. The Bertz CT molecular complexity index is 929. The van der Waals surface area contributed by atoms with E-state index >= 15 is 0 Å². The van der Waals surface area contributed by atoms with Crippen molar-refractivity contribution in [2.45, 2.75) is 27.3 Å². The summed E-state index contributed by atoms with van der Waals surface area (Å²) < 4.78 is 12.2. The van der Waals surface area contributed by atoms with Crippen molar-refractivity contribution in [3.8, 4) is 5.75 Å². The highest BCUT2D eigenvalue weighted by atomic mass is 16.6. The van der Waals surface area contributed by atoms with E-state index in [9.17, 15) is 19.7 Å². The average molecular weight is 386 g/mol. The fourth-order valence-corrected chi connectivity index (χ4v) is 2.85. The molecule has 1 heterocycles. The topological polar surface area (TPSA) is 101 Å². The Morgan fingerprint density at radius 3 is 2.61 bits per heavy atom. The molecule has 2 rings (SSSR count). The van der Waals surface area contributed by atoms with Gasteiger partial charge in [0.15, 0.2) is 12.4 Å². The molecule has 8 heteroatoms. The summed E-state index contributed by atoms with van der Waals surface area (Å²) in [5, 5.41) is 11.2. The van der Waals surface area contributed by atoms with E-state index < -0.39 is 17.5 Å². The molecule has 0 N–H and O–H groups in total. The third kappa shape index (κ3) is 4.46. The van der Waals surface area contributed by atoms with Gasteiger partial charge in [0.1, 0.15) is 0 Å². The van der Waals surface area contributed by atoms with E-state index in [2.05, 4.69) is 6.58 Å². The average Bonchev–Trinajstić information content (AvgIpc) is 2.95. The monoisotopic (exact) mass is 386 g/mol. The molecular formula is C20H22N2O6. The largest absolute Gasteiger partial charge is 0.487 e. The molecule has 0 unspecified atom stereocenters. The van der Waals surface area contributed by atoms with Crippen LogP contribution >= 0.6 is 0 Å². The highest BCUT2D eigenvalue weighted by molar-refractivity contribution is 6.00. The molecule has 0 saturated heterocycles. The van der Waals surface area contributed by atoms with Gasteiger partial charge in [-0.3, -0.25) is 14.9 Å². The number of hydrogen-bond donors (Lipinski definition) is 0. The molecule has 148 valence electrons. The predicted octanol–water partition coefficient (Wildman–Crippen LogP) is 3.64. The quantitative estimate of drug-likeness (QED) is 0.214. The van der Waals surface area contributed by atoms with Crippen LogP contribution < -0.4 is 4.74 Å². The molecule has 0 bridgehead atoms. The molecule has 28 heavy (non-hydrogen) atoms. The molecule has 0 aliphatic rings. The number of benzene rings is 1. The number of ether oxygens (including phenoxy) is 2. The SMILES string of the molecule is C=CCn1c(C)cc(C(=O)COC(=O)c2ccc(OCC)c([N+](=O)[O-])c2)c1C. The summed E-state index contributed by atoms with van der Waals surface area (Å²) in [5.41, 5.74) is 1.75. The highest BCUT2D eigenvalue weighted by Crippen LogP contribution is 2.28. The lowest BCUT2D eigenvalue weighted by Gasteiger charge is -2.08. The van der Waals surface area contributed by atoms with Crippen molar-refractivity contribution < 1.29 is 24.0 Å². The van der Waals surface area contributed by atoms with E-state index in [0.29, 0.717) is 12.1 Å². The van der Waals surface area contributed by atoms with Crippen LogP contribution in [-0.2, 0) is 11.3 Å². The molecule has 0 amide bonds. The second-order valence-electron chi connectivity index (χ2n) is 6.06. The first-order valence-electron chi connectivity index (χ1n) is 8.69. The van der Waals surface area contributed by atoms with Crippen molar-refractivity contribution in [2.24, 2.45) is 0 Å². The zero-order valence-corrected chi connectivity index (χ0v) is 16.1. The van der Waals surface area contributed by atoms with E-state index in [0.717, 1.165) is 17.5 Å². The van der Waals surface area contributed by atoms with Gasteiger partial charge in [-0.05, 0) is 39.0 Å². The zero-order valence-electron chi connectivity index (χ0n) is 16.1. The van der Waals surface area contributed by atoms with Crippen LogP contribution in [0.25, 0.3) is 0 Å². The standard InChI is InChI=1S/C20H22N2O6/c1-5-9-21-13(3)10-16(14(21)4)18(23)12-28-20(24)15-7-8-19(27-6-2)17(11-15)22(25)26/h5,7-8,10-11H,1,6,9,12H2,2-4H3. The summed E-state index contributed by atoms with van der Waals surface area (Å²) in [6, 6.07) is 5.51. The number of aromatic nitrogens is 1. The molecule has 0 atom stereocenters. The Labute approximate surface area is 162 Å². The Balaban J connectivity index is 2.13. The van der Waals surface area contributed by atoms with Gasteiger partial charge in [0.2, 0.25) is 5.78 Å². The Morgan fingerprint density at radius 1 is 1.29 bits per heavy atom. The van der Waals surface area contributed by atoms with Gasteiger partial charge in [-0.25, -0.2) is 4.79 Å². The van der Waals surface area contributed by atoms with Gasteiger partial charge in [-0.1, -0.05) is 6.08 Å². The number of esters is 1. The normalized spacial score (nSPS) is 10.4. The zero-order chi connectivity index (χ0) is 20.8. The third-order valence-electron chi connectivity index (χ3n) is 4.21. The van der Waals surface area contributed by atoms with Gasteiger partial charge in [0.05, 0.1) is 17.1 Å². The molecule has 0 aliphatic carbocycles. The molecule has 1 aromatic heterocycles. The van der Waals surface area contributed by atoms with Gasteiger partial charge in [-0.2, -0.15) is 0 Å². The predicted molar refractivity (Wildman–Crippen MR) is 103 cm³/mol. The van der Waals surface area contributed by atoms with Crippen molar-refractivity contribution in [3.63, 3.8) is 0 Å².